The molecule has 0 spiro atoms. The second kappa shape index (κ2) is 11.8. The minimum absolute atomic E-state index is 0.0359. The Morgan fingerprint density at radius 3 is 2.36 bits per heavy atom. The van der Waals surface area contributed by atoms with Crippen molar-refractivity contribution >= 4 is 11.6 Å². The summed E-state index contributed by atoms with van der Waals surface area (Å²) in [4.78, 5) is 16.7. The van der Waals surface area contributed by atoms with E-state index in [4.69, 9.17) is 9.47 Å². The molecule has 3 fully saturated rings. The fourth-order valence-electron chi connectivity index (χ4n) is 5.83. The van der Waals surface area contributed by atoms with E-state index in [1.54, 1.807) is 0 Å². The molecule has 5 rings (SSSR count). The molecule has 7 nitrogen and oxygen atoms in total. The lowest BCUT2D eigenvalue weighted by atomic mass is 9.99. The van der Waals surface area contributed by atoms with Crippen LogP contribution in [0.25, 0.3) is 0 Å². The van der Waals surface area contributed by atoms with Gasteiger partial charge >= 0.3 is 0 Å². The molecule has 7 heteroatoms. The van der Waals surface area contributed by atoms with Gasteiger partial charge in [-0.25, -0.2) is 0 Å². The molecule has 0 saturated carbocycles. The van der Waals surface area contributed by atoms with Gasteiger partial charge in [0.25, 0.3) is 0 Å². The molecule has 4 atom stereocenters. The van der Waals surface area contributed by atoms with E-state index in [0.29, 0.717) is 6.04 Å². The first-order chi connectivity index (χ1) is 17.6. The Labute approximate surface area is 214 Å². The Balaban J connectivity index is 1.31. The molecular formula is C29H39N3O4. The third kappa shape index (κ3) is 6.33. The number of hydrogen-bond acceptors (Lipinski definition) is 6. The van der Waals surface area contributed by atoms with Crippen LogP contribution in [0.1, 0.15) is 68.1 Å². The van der Waals surface area contributed by atoms with Gasteiger partial charge in [0.05, 0.1) is 18.8 Å². The minimum atomic E-state index is -0.475. The Kier molecular flexibility index (Phi) is 8.34. The Morgan fingerprint density at radius 1 is 0.944 bits per heavy atom. The van der Waals surface area contributed by atoms with E-state index in [1.807, 2.05) is 36.4 Å². The van der Waals surface area contributed by atoms with Gasteiger partial charge in [0.15, 0.2) is 6.29 Å². The van der Waals surface area contributed by atoms with Crippen molar-refractivity contribution in [3.8, 4) is 0 Å². The number of aliphatic hydroxyl groups is 1. The van der Waals surface area contributed by atoms with Crippen molar-refractivity contribution in [2.24, 2.45) is 0 Å². The summed E-state index contributed by atoms with van der Waals surface area (Å²) in [6.07, 6.45) is 5.46. The highest BCUT2D eigenvalue weighted by Gasteiger charge is 2.36. The predicted octanol–water partition coefficient (Wildman–Crippen LogP) is 4.24. The third-order valence-corrected chi connectivity index (χ3v) is 7.72. The molecule has 3 aliphatic rings. The predicted molar refractivity (Wildman–Crippen MR) is 139 cm³/mol. The number of rotatable bonds is 8. The molecule has 2 aromatic rings. The average Bonchev–Trinajstić information content (AvgIpc) is 3.57. The van der Waals surface area contributed by atoms with Gasteiger partial charge in [0, 0.05) is 43.7 Å². The quantitative estimate of drug-likeness (QED) is 0.573. The van der Waals surface area contributed by atoms with Gasteiger partial charge < -0.3 is 24.8 Å². The molecule has 2 N–H and O–H groups in total. The molecule has 0 aliphatic carbocycles. The second-order valence-electron chi connectivity index (χ2n) is 10.5. The van der Waals surface area contributed by atoms with Crippen LogP contribution in [0.3, 0.4) is 0 Å². The van der Waals surface area contributed by atoms with Gasteiger partial charge in [0.2, 0.25) is 5.91 Å². The molecule has 194 valence electrons. The van der Waals surface area contributed by atoms with Gasteiger partial charge in [-0.1, -0.05) is 36.4 Å². The lowest BCUT2D eigenvalue weighted by Gasteiger charge is -2.39. The number of aliphatic hydroxyl groups excluding tert-OH is 1. The standard InChI is InChI=1S/C29H39N3O4/c1-21(34)30-25-12-10-24(11-13-25)29-35-27(17-28(36-29)23-8-6-22(20-33)7-9-23)19-32-16-4-5-26(32)18-31-14-2-3-15-31/h6-13,26-29,33H,2-5,14-20H2,1H3,(H,30,34). The number of ether oxygens (including phenoxy) is 2. The zero-order valence-electron chi connectivity index (χ0n) is 21.3. The number of amides is 1. The molecule has 2 aromatic carbocycles. The summed E-state index contributed by atoms with van der Waals surface area (Å²) in [6, 6.07) is 16.4. The normalized spacial score (nSPS) is 27.4. The van der Waals surface area contributed by atoms with Crippen molar-refractivity contribution in [2.45, 2.75) is 70.2 Å². The van der Waals surface area contributed by atoms with Crippen LogP contribution in [0, 0.1) is 0 Å². The summed E-state index contributed by atoms with van der Waals surface area (Å²) < 4.78 is 13.0. The maximum absolute atomic E-state index is 11.4. The van der Waals surface area contributed by atoms with Crippen molar-refractivity contribution < 1.29 is 19.4 Å². The van der Waals surface area contributed by atoms with E-state index in [0.717, 1.165) is 41.9 Å². The van der Waals surface area contributed by atoms with Crippen LogP contribution in [-0.2, 0) is 20.9 Å². The maximum Gasteiger partial charge on any atom is 0.221 e. The van der Waals surface area contributed by atoms with Gasteiger partial charge in [-0.3, -0.25) is 9.69 Å². The zero-order valence-corrected chi connectivity index (χ0v) is 21.3. The first kappa shape index (κ1) is 25.4. The fraction of sp³-hybridized carbons (Fsp3) is 0.552. The van der Waals surface area contributed by atoms with E-state index in [9.17, 15) is 9.90 Å². The summed E-state index contributed by atoms with van der Waals surface area (Å²) in [5.41, 5.74) is 3.71. The number of nitrogens with zero attached hydrogens (tertiary/aromatic N) is 2. The lowest BCUT2D eigenvalue weighted by Crippen LogP contribution is -2.45. The molecule has 0 radical (unpaired) electrons. The van der Waals surface area contributed by atoms with Gasteiger partial charge in [-0.05, 0) is 68.6 Å². The zero-order chi connectivity index (χ0) is 24.9. The van der Waals surface area contributed by atoms with Crippen LogP contribution in [0.5, 0.6) is 0 Å². The van der Waals surface area contributed by atoms with E-state index < -0.39 is 6.29 Å². The van der Waals surface area contributed by atoms with Crippen molar-refractivity contribution in [3.05, 3.63) is 65.2 Å². The highest BCUT2D eigenvalue weighted by atomic mass is 16.7. The summed E-state index contributed by atoms with van der Waals surface area (Å²) in [7, 11) is 0. The highest BCUT2D eigenvalue weighted by molar-refractivity contribution is 5.88. The number of anilines is 1. The average molecular weight is 494 g/mol. The maximum atomic E-state index is 11.4. The monoisotopic (exact) mass is 493 g/mol. The Hall–Kier alpha value is -2.29. The van der Waals surface area contributed by atoms with Crippen LogP contribution in [0.2, 0.25) is 0 Å². The molecule has 4 unspecified atom stereocenters. The van der Waals surface area contributed by atoms with E-state index in [1.165, 1.54) is 52.2 Å². The molecule has 3 aliphatic heterocycles. The van der Waals surface area contributed by atoms with E-state index in [-0.39, 0.29) is 24.7 Å². The number of hydrogen-bond donors (Lipinski definition) is 2. The van der Waals surface area contributed by atoms with Crippen LogP contribution >= 0.6 is 0 Å². The third-order valence-electron chi connectivity index (χ3n) is 7.72. The molecule has 0 bridgehead atoms. The smallest absolute Gasteiger partial charge is 0.221 e. The van der Waals surface area contributed by atoms with E-state index >= 15 is 0 Å². The SMILES string of the molecule is CC(=O)Nc1ccc(C2OC(CN3CCCC3CN3CCCC3)CC(c3ccc(CO)cc3)O2)cc1. The summed E-state index contributed by atoms with van der Waals surface area (Å²) in [6.45, 7) is 7.23. The largest absolute Gasteiger partial charge is 0.392 e. The van der Waals surface area contributed by atoms with Crippen LogP contribution in [0.4, 0.5) is 5.69 Å². The van der Waals surface area contributed by atoms with Crippen molar-refractivity contribution in [1.82, 2.24) is 9.80 Å². The minimum Gasteiger partial charge on any atom is -0.392 e. The van der Waals surface area contributed by atoms with Crippen molar-refractivity contribution in [3.63, 3.8) is 0 Å². The van der Waals surface area contributed by atoms with Gasteiger partial charge in [0.1, 0.15) is 0 Å². The second-order valence-corrected chi connectivity index (χ2v) is 10.5. The molecule has 3 saturated heterocycles. The van der Waals surface area contributed by atoms with Crippen LogP contribution in [0.15, 0.2) is 48.5 Å². The number of nitrogens with one attached hydrogen (secondary N) is 1. The molecular weight excluding hydrogens is 454 g/mol. The fourth-order valence-corrected chi connectivity index (χ4v) is 5.83. The molecule has 0 aromatic heterocycles. The van der Waals surface area contributed by atoms with Crippen LogP contribution < -0.4 is 5.32 Å². The number of carbonyl (C=O) groups excluding carboxylic acids is 1. The summed E-state index contributed by atoms with van der Waals surface area (Å²) >= 11 is 0. The number of carbonyl (C=O) groups is 1. The molecule has 36 heavy (non-hydrogen) atoms. The van der Waals surface area contributed by atoms with Crippen molar-refractivity contribution in [1.29, 1.82) is 0 Å². The number of benzene rings is 2. The van der Waals surface area contributed by atoms with Crippen molar-refractivity contribution in [2.75, 3.05) is 38.0 Å². The summed E-state index contributed by atoms with van der Waals surface area (Å²) in [5.74, 6) is -0.0894. The van der Waals surface area contributed by atoms with Gasteiger partial charge in [-0.2, -0.15) is 0 Å². The Morgan fingerprint density at radius 2 is 1.67 bits per heavy atom. The van der Waals surface area contributed by atoms with Crippen LogP contribution in [-0.4, -0.2) is 65.7 Å². The first-order valence-electron chi connectivity index (χ1n) is 13.4. The molecule has 3 heterocycles. The number of likely N-dealkylation sites (tertiary alicyclic amines) is 2. The highest BCUT2D eigenvalue weighted by Crippen LogP contribution is 2.39. The lowest BCUT2D eigenvalue weighted by molar-refractivity contribution is -0.253. The Bertz CT molecular complexity index is 991. The molecule has 1 amide bonds. The summed E-state index contributed by atoms with van der Waals surface area (Å²) in [5, 5.41) is 12.3. The topological polar surface area (TPSA) is 74.3 Å². The van der Waals surface area contributed by atoms with E-state index in [2.05, 4.69) is 27.2 Å². The van der Waals surface area contributed by atoms with Gasteiger partial charge in [-0.15, -0.1) is 0 Å². The first-order valence-corrected chi connectivity index (χ1v) is 13.4.